The molecular weight excluding hydrogens is 174 g/mol. The summed E-state index contributed by atoms with van der Waals surface area (Å²) >= 11 is 0. The van der Waals surface area contributed by atoms with E-state index < -0.39 is 0 Å². The van der Waals surface area contributed by atoms with Crippen molar-refractivity contribution in [3.8, 4) is 0 Å². The Kier molecular flexibility index (Phi) is 2.85. The van der Waals surface area contributed by atoms with Gasteiger partial charge in [0.15, 0.2) is 0 Å². The van der Waals surface area contributed by atoms with Crippen LogP contribution in [0, 0.1) is 6.07 Å². The Labute approximate surface area is 85.3 Å². The second-order valence-corrected chi connectivity index (χ2v) is 3.74. The predicted molar refractivity (Wildman–Crippen MR) is 56.1 cm³/mol. The molecule has 0 saturated carbocycles. The van der Waals surface area contributed by atoms with E-state index in [9.17, 15) is 0 Å². The van der Waals surface area contributed by atoms with Crippen molar-refractivity contribution < 1.29 is 4.74 Å². The molecule has 0 unspecified atom stereocenters. The highest BCUT2D eigenvalue weighted by Crippen LogP contribution is 2.33. The average Bonchev–Trinajstić information content (AvgIpc) is 2.31. The molecule has 1 aliphatic heterocycles. The summed E-state index contributed by atoms with van der Waals surface area (Å²) in [6, 6.07) is 11.2. The summed E-state index contributed by atoms with van der Waals surface area (Å²) in [7, 11) is 1.81. The molecule has 0 aromatic heterocycles. The number of hydrogen-bond donors (Lipinski definition) is 1. The van der Waals surface area contributed by atoms with Crippen molar-refractivity contribution in [1.29, 1.82) is 0 Å². The van der Waals surface area contributed by atoms with Crippen LogP contribution in [0.3, 0.4) is 0 Å². The lowest BCUT2D eigenvalue weighted by molar-refractivity contribution is -0.0391. The molecule has 2 nitrogen and oxygen atoms in total. The van der Waals surface area contributed by atoms with Crippen LogP contribution in [0.5, 0.6) is 0 Å². The van der Waals surface area contributed by atoms with Gasteiger partial charge in [0.05, 0.1) is 5.60 Å². The maximum absolute atomic E-state index is 5.71. The fraction of sp³-hybridized carbons (Fsp3) is 0.500. The Morgan fingerprint density at radius 1 is 1.29 bits per heavy atom. The van der Waals surface area contributed by atoms with Crippen molar-refractivity contribution in [3.05, 3.63) is 35.9 Å². The van der Waals surface area contributed by atoms with Crippen molar-refractivity contribution in [2.45, 2.75) is 18.4 Å². The molecule has 0 aliphatic carbocycles. The molecule has 2 rings (SSSR count). The smallest absolute Gasteiger partial charge is 0.0951 e. The Morgan fingerprint density at radius 3 is 2.50 bits per heavy atom. The summed E-state index contributed by atoms with van der Waals surface area (Å²) in [5.41, 5.74) is 1.21. The largest absolute Gasteiger partial charge is 0.373 e. The average molecular weight is 190 g/mol. The molecule has 75 valence electrons. The Bertz CT molecular complexity index is 278. The summed E-state index contributed by atoms with van der Waals surface area (Å²) in [4.78, 5) is 0. The zero-order valence-corrected chi connectivity index (χ0v) is 8.55. The van der Waals surface area contributed by atoms with Crippen molar-refractivity contribution in [3.63, 3.8) is 0 Å². The van der Waals surface area contributed by atoms with Crippen molar-refractivity contribution >= 4 is 0 Å². The van der Waals surface area contributed by atoms with E-state index in [1.54, 1.807) is 0 Å². The summed E-state index contributed by atoms with van der Waals surface area (Å²) in [6.07, 6.45) is 2.10. The van der Waals surface area contributed by atoms with Gasteiger partial charge in [-0.2, -0.15) is 0 Å². The molecule has 1 fully saturated rings. The third-order valence-electron chi connectivity index (χ3n) is 3.05. The minimum absolute atomic E-state index is 0.0691. The number of rotatable bonds is 2. The summed E-state index contributed by atoms with van der Waals surface area (Å²) in [5.74, 6) is 0. The third kappa shape index (κ3) is 1.68. The Balaban J connectivity index is 2.27. The quantitative estimate of drug-likeness (QED) is 0.766. The van der Waals surface area contributed by atoms with E-state index in [-0.39, 0.29) is 5.60 Å². The minimum Gasteiger partial charge on any atom is -0.373 e. The van der Waals surface area contributed by atoms with Gasteiger partial charge in [-0.1, -0.05) is 24.3 Å². The number of hydrogen-bond acceptors (Lipinski definition) is 2. The molecule has 1 aliphatic rings. The molecule has 0 spiro atoms. The topological polar surface area (TPSA) is 21.3 Å². The minimum atomic E-state index is -0.0691. The lowest BCUT2D eigenvalue weighted by atomic mass is 9.85. The van der Waals surface area contributed by atoms with Crippen LogP contribution in [0.25, 0.3) is 0 Å². The fourth-order valence-electron chi connectivity index (χ4n) is 2.13. The Morgan fingerprint density at radius 2 is 1.93 bits per heavy atom. The highest BCUT2D eigenvalue weighted by molar-refractivity contribution is 5.22. The van der Waals surface area contributed by atoms with Gasteiger partial charge in [0.2, 0.25) is 0 Å². The van der Waals surface area contributed by atoms with Gasteiger partial charge < -0.3 is 10.1 Å². The molecule has 0 amide bonds. The van der Waals surface area contributed by atoms with Gasteiger partial charge in [-0.15, -0.1) is 0 Å². The number of methoxy groups -OCH3 is 1. The number of benzene rings is 1. The van der Waals surface area contributed by atoms with Crippen LogP contribution in [-0.2, 0) is 10.3 Å². The first-order valence-corrected chi connectivity index (χ1v) is 5.10. The van der Waals surface area contributed by atoms with Gasteiger partial charge in [-0.05, 0) is 37.6 Å². The van der Waals surface area contributed by atoms with Gasteiger partial charge in [0.25, 0.3) is 0 Å². The first-order chi connectivity index (χ1) is 6.87. The SMILES string of the molecule is COC1(c2cc[c]cc2)CCNCC1. The van der Waals surface area contributed by atoms with Gasteiger partial charge in [-0.25, -0.2) is 0 Å². The molecule has 1 aromatic carbocycles. The van der Waals surface area contributed by atoms with Crippen LogP contribution < -0.4 is 5.32 Å². The normalized spacial score (nSPS) is 20.6. The van der Waals surface area contributed by atoms with E-state index in [0.717, 1.165) is 25.9 Å². The molecule has 1 N–H and O–H groups in total. The van der Waals surface area contributed by atoms with E-state index in [4.69, 9.17) is 4.74 Å². The first kappa shape index (κ1) is 9.69. The fourth-order valence-corrected chi connectivity index (χ4v) is 2.13. The van der Waals surface area contributed by atoms with Crippen LogP contribution in [0.15, 0.2) is 24.3 Å². The van der Waals surface area contributed by atoms with Crippen LogP contribution in [0.1, 0.15) is 18.4 Å². The van der Waals surface area contributed by atoms with Crippen molar-refractivity contribution in [2.75, 3.05) is 20.2 Å². The van der Waals surface area contributed by atoms with Crippen molar-refractivity contribution in [1.82, 2.24) is 5.32 Å². The number of piperidine rings is 1. The lowest BCUT2D eigenvalue weighted by Crippen LogP contribution is -2.41. The van der Waals surface area contributed by atoms with Crippen LogP contribution in [-0.4, -0.2) is 20.2 Å². The number of ether oxygens (including phenoxy) is 1. The van der Waals surface area contributed by atoms with Crippen LogP contribution in [0.4, 0.5) is 0 Å². The lowest BCUT2D eigenvalue weighted by Gasteiger charge is -2.36. The Hall–Kier alpha value is -0.860. The van der Waals surface area contributed by atoms with E-state index in [1.807, 2.05) is 19.2 Å². The third-order valence-corrected chi connectivity index (χ3v) is 3.05. The molecule has 1 aromatic rings. The molecule has 1 radical (unpaired) electrons. The molecule has 1 heterocycles. The molecule has 0 bridgehead atoms. The maximum Gasteiger partial charge on any atom is 0.0951 e. The standard InChI is InChI=1S/C12H16NO/c1-14-12(7-9-13-10-8-12)11-5-3-2-4-6-11/h3-6,13H,7-10H2,1H3. The highest BCUT2D eigenvalue weighted by Gasteiger charge is 2.33. The van der Waals surface area contributed by atoms with Crippen molar-refractivity contribution in [2.24, 2.45) is 0 Å². The highest BCUT2D eigenvalue weighted by atomic mass is 16.5. The predicted octanol–water partition coefficient (Wildman–Crippen LogP) is 1.71. The second-order valence-electron chi connectivity index (χ2n) is 3.74. The number of nitrogens with one attached hydrogen (secondary N) is 1. The summed E-state index contributed by atoms with van der Waals surface area (Å²) in [5, 5.41) is 3.36. The molecule has 2 heteroatoms. The maximum atomic E-state index is 5.71. The molecule has 1 saturated heterocycles. The zero-order valence-electron chi connectivity index (χ0n) is 8.55. The summed E-state index contributed by atoms with van der Waals surface area (Å²) in [6.45, 7) is 2.07. The summed E-state index contributed by atoms with van der Waals surface area (Å²) < 4.78 is 5.71. The van der Waals surface area contributed by atoms with Gasteiger partial charge in [0.1, 0.15) is 0 Å². The van der Waals surface area contributed by atoms with E-state index >= 15 is 0 Å². The van der Waals surface area contributed by atoms with Gasteiger partial charge in [0, 0.05) is 7.11 Å². The van der Waals surface area contributed by atoms with Crippen LogP contribution in [0.2, 0.25) is 0 Å². The zero-order chi connectivity index (χ0) is 9.86. The first-order valence-electron chi connectivity index (χ1n) is 5.10. The molecule has 14 heavy (non-hydrogen) atoms. The van der Waals surface area contributed by atoms with Gasteiger partial charge in [-0.3, -0.25) is 0 Å². The molecular formula is C12H16NO. The molecule has 0 atom stereocenters. The van der Waals surface area contributed by atoms with Crippen LogP contribution >= 0.6 is 0 Å². The van der Waals surface area contributed by atoms with Gasteiger partial charge >= 0.3 is 0 Å². The second kappa shape index (κ2) is 4.11. The van der Waals surface area contributed by atoms with E-state index in [2.05, 4.69) is 23.5 Å². The monoisotopic (exact) mass is 190 g/mol. The van der Waals surface area contributed by atoms with E-state index in [0.29, 0.717) is 0 Å². The van der Waals surface area contributed by atoms with E-state index in [1.165, 1.54) is 5.56 Å².